The largest absolute Gasteiger partial charge is 0.384 e. The average molecular weight is 340 g/mol. The Morgan fingerprint density at radius 1 is 1.38 bits per heavy atom. The number of thiophene rings is 1. The minimum atomic E-state index is -0.260. The van der Waals surface area contributed by atoms with E-state index in [1.165, 1.54) is 11.3 Å². The maximum atomic E-state index is 12.2. The van der Waals surface area contributed by atoms with Crippen LogP contribution in [-0.2, 0) is 0 Å². The van der Waals surface area contributed by atoms with Crippen LogP contribution in [0.15, 0.2) is 24.3 Å². The van der Waals surface area contributed by atoms with E-state index >= 15 is 0 Å². The zero-order valence-corrected chi connectivity index (χ0v) is 13.4. The van der Waals surface area contributed by atoms with Gasteiger partial charge in [-0.2, -0.15) is 0 Å². The van der Waals surface area contributed by atoms with Crippen LogP contribution < -0.4 is 5.32 Å². The number of anilines is 1. The summed E-state index contributed by atoms with van der Waals surface area (Å²) < 4.78 is 0. The standard InChI is InChI=1S/C15H11Cl2NO2S/c1-9-7-14(21-13(9)3-2-6-19)15(20)18-12-5-4-10(16)8-11(12)17/h4-5,7-8,19H,6H2,1H3,(H,18,20). The number of aryl methyl sites for hydroxylation is 1. The summed E-state index contributed by atoms with van der Waals surface area (Å²) in [6, 6.07) is 6.62. The maximum absolute atomic E-state index is 12.2. The molecule has 0 aliphatic carbocycles. The van der Waals surface area contributed by atoms with E-state index in [1.54, 1.807) is 24.3 Å². The van der Waals surface area contributed by atoms with Crippen molar-refractivity contribution >= 4 is 46.1 Å². The Morgan fingerprint density at radius 2 is 2.14 bits per heavy atom. The first-order valence-electron chi connectivity index (χ1n) is 5.98. The highest BCUT2D eigenvalue weighted by molar-refractivity contribution is 7.14. The highest BCUT2D eigenvalue weighted by Gasteiger charge is 2.13. The number of amides is 1. The predicted molar refractivity (Wildman–Crippen MR) is 87.4 cm³/mol. The first-order valence-corrected chi connectivity index (χ1v) is 7.55. The molecule has 2 N–H and O–H groups in total. The van der Waals surface area contributed by atoms with E-state index in [0.717, 1.165) is 10.4 Å². The molecule has 0 saturated carbocycles. The van der Waals surface area contributed by atoms with Crippen molar-refractivity contribution in [1.82, 2.24) is 0 Å². The van der Waals surface area contributed by atoms with Crippen molar-refractivity contribution in [3.8, 4) is 11.8 Å². The van der Waals surface area contributed by atoms with Gasteiger partial charge in [0.05, 0.1) is 20.5 Å². The van der Waals surface area contributed by atoms with E-state index in [1.807, 2.05) is 6.92 Å². The lowest BCUT2D eigenvalue weighted by Crippen LogP contribution is -2.10. The van der Waals surface area contributed by atoms with Crippen LogP contribution in [0.3, 0.4) is 0 Å². The van der Waals surface area contributed by atoms with E-state index in [2.05, 4.69) is 17.2 Å². The summed E-state index contributed by atoms with van der Waals surface area (Å²) in [7, 11) is 0. The van der Waals surface area contributed by atoms with Crippen molar-refractivity contribution in [2.75, 3.05) is 11.9 Å². The number of hydrogen-bond acceptors (Lipinski definition) is 3. The number of rotatable bonds is 2. The van der Waals surface area contributed by atoms with Crippen LogP contribution in [0.25, 0.3) is 0 Å². The van der Waals surface area contributed by atoms with Gasteiger partial charge < -0.3 is 10.4 Å². The fraction of sp³-hybridized carbons (Fsp3) is 0.133. The summed E-state index contributed by atoms with van der Waals surface area (Å²) >= 11 is 13.1. The summed E-state index contributed by atoms with van der Waals surface area (Å²) in [5, 5.41) is 12.3. The molecule has 0 fully saturated rings. The van der Waals surface area contributed by atoms with Gasteiger partial charge in [-0.3, -0.25) is 4.79 Å². The lowest BCUT2D eigenvalue weighted by atomic mass is 10.2. The Morgan fingerprint density at radius 3 is 2.81 bits per heavy atom. The topological polar surface area (TPSA) is 49.3 Å². The molecule has 2 rings (SSSR count). The number of carbonyl (C=O) groups is 1. The number of carbonyl (C=O) groups excluding carboxylic acids is 1. The van der Waals surface area contributed by atoms with Crippen molar-refractivity contribution in [3.63, 3.8) is 0 Å². The lowest BCUT2D eigenvalue weighted by molar-refractivity contribution is 0.103. The van der Waals surface area contributed by atoms with Crippen molar-refractivity contribution in [3.05, 3.63) is 49.6 Å². The van der Waals surface area contributed by atoms with Gasteiger partial charge in [-0.1, -0.05) is 35.0 Å². The van der Waals surface area contributed by atoms with Crippen LogP contribution in [0.5, 0.6) is 0 Å². The second-order valence-corrected chi connectivity index (χ2v) is 6.06. The molecule has 1 aromatic heterocycles. The second kappa shape index (κ2) is 6.97. The molecule has 0 saturated heterocycles. The molecular formula is C15H11Cl2NO2S. The fourth-order valence-corrected chi connectivity index (χ4v) is 3.01. The highest BCUT2D eigenvalue weighted by atomic mass is 35.5. The molecular weight excluding hydrogens is 329 g/mol. The molecule has 0 atom stereocenters. The number of nitrogens with one attached hydrogen (secondary N) is 1. The molecule has 0 aliphatic heterocycles. The fourth-order valence-electron chi connectivity index (χ4n) is 1.61. The van der Waals surface area contributed by atoms with Crippen LogP contribution >= 0.6 is 34.5 Å². The first kappa shape index (κ1) is 15.9. The number of aliphatic hydroxyl groups excluding tert-OH is 1. The number of benzene rings is 1. The first-order chi connectivity index (χ1) is 10.0. The smallest absolute Gasteiger partial charge is 0.265 e. The molecule has 1 amide bonds. The molecule has 3 nitrogen and oxygen atoms in total. The molecule has 0 unspecified atom stereocenters. The van der Waals surface area contributed by atoms with Gasteiger partial charge in [0.25, 0.3) is 5.91 Å². The average Bonchev–Trinajstić information content (AvgIpc) is 2.81. The Bertz CT molecular complexity index is 744. The van der Waals surface area contributed by atoms with E-state index in [9.17, 15) is 4.79 Å². The summed E-state index contributed by atoms with van der Waals surface area (Å²) in [4.78, 5) is 13.5. The van der Waals surface area contributed by atoms with Gasteiger partial charge in [0.15, 0.2) is 0 Å². The molecule has 2 aromatic rings. The van der Waals surface area contributed by atoms with Crippen molar-refractivity contribution < 1.29 is 9.90 Å². The van der Waals surface area contributed by atoms with Gasteiger partial charge in [0.1, 0.15) is 6.61 Å². The maximum Gasteiger partial charge on any atom is 0.265 e. The summed E-state index contributed by atoms with van der Waals surface area (Å²) in [6.07, 6.45) is 0. The molecule has 108 valence electrons. The third kappa shape index (κ3) is 3.99. The van der Waals surface area contributed by atoms with Crippen LogP contribution in [0.4, 0.5) is 5.69 Å². The van der Waals surface area contributed by atoms with E-state index < -0.39 is 0 Å². The number of aliphatic hydroxyl groups is 1. The molecule has 0 spiro atoms. The summed E-state index contributed by atoms with van der Waals surface area (Å²) in [5.74, 6) is 5.13. The Hall–Kier alpha value is -1.51. The van der Waals surface area contributed by atoms with Gasteiger partial charge in [-0.05, 0) is 36.8 Å². The Kier molecular flexibility index (Phi) is 5.27. The monoisotopic (exact) mass is 339 g/mol. The predicted octanol–water partition coefficient (Wildman–Crippen LogP) is 3.96. The Balaban J connectivity index is 2.21. The quantitative estimate of drug-likeness (QED) is 0.813. The van der Waals surface area contributed by atoms with Crippen molar-refractivity contribution in [2.24, 2.45) is 0 Å². The number of halogens is 2. The van der Waals surface area contributed by atoms with E-state index in [-0.39, 0.29) is 12.5 Å². The summed E-state index contributed by atoms with van der Waals surface area (Å²) in [5.41, 5.74) is 1.40. The normalized spacial score (nSPS) is 9.90. The third-order valence-corrected chi connectivity index (χ3v) is 4.30. The van der Waals surface area contributed by atoms with Crippen molar-refractivity contribution in [1.29, 1.82) is 0 Å². The molecule has 0 bridgehead atoms. The van der Waals surface area contributed by atoms with Gasteiger partial charge in [0.2, 0.25) is 0 Å². The van der Waals surface area contributed by atoms with Crippen molar-refractivity contribution in [2.45, 2.75) is 6.92 Å². The highest BCUT2D eigenvalue weighted by Crippen LogP contribution is 2.27. The minimum absolute atomic E-state index is 0.209. The van der Waals surface area contributed by atoms with Crippen LogP contribution in [0.2, 0.25) is 10.0 Å². The third-order valence-electron chi connectivity index (χ3n) is 2.60. The summed E-state index contributed by atoms with van der Waals surface area (Å²) in [6.45, 7) is 1.66. The zero-order valence-electron chi connectivity index (χ0n) is 11.0. The van der Waals surface area contributed by atoms with Gasteiger partial charge >= 0.3 is 0 Å². The molecule has 0 aliphatic rings. The van der Waals surface area contributed by atoms with Gasteiger partial charge in [0, 0.05) is 5.02 Å². The molecule has 0 radical (unpaired) electrons. The van der Waals surface area contributed by atoms with E-state index in [0.29, 0.717) is 20.6 Å². The SMILES string of the molecule is Cc1cc(C(=O)Nc2ccc(Cl)cc2Cl)sc1C#CCO. The van der Waals surface area contributed by atoms with Gasteiger partial charge in [-0.15, -0.1) is 11.3 Å². The minimum Gasteiger partial charge on any atom is -0.384 e. The number of hydrogen-bond donors (Lipinski definition) is 2. The molecule has 1 aromatic carbocycles. The lowest BCUT2D eigenvalue weighted by Gasteiger charge is -2.05. The van der Waals surface area contributed by atoms with Gasteiger partial charge in [-0.25, -0.2) is 0 Å². The van der Waals surface area contributed by atoms with Crippen LogP contribution in [0, 0.1) is 18.8 Å². The van der Waals surface area contributed by atoms with Crippen LogP contribution in [0.1, 0.15) is 20.1 Å². The second-order valence-electron chi connectivity index (χ2n) is 4.16. The zero-order chi connectivity index (χ0) is 15.4. The van der Waals surface area contributed by atoms with Crippen LogP contribution in [-0.4, -0.2) is 17.6 Å². The molecule has 6 heteroatoms. The molecule has 21 heavy (non-hydrogen) atoms. The Labute approximate surface area is 136 Å². The van der Waals surface area contributed by atoms with E-state index in [4.69, 9.17) is 28.3 Å². The molecule has 1 heterocycles.